The highest BCUT2D eigenvalue weighted by Gasteiger charge is 2.07. The highest BCUT2D eigenvalue weighted by molar-refractivity contribution is 5.83. The van der Waals surface area contributed by atoms with Crippen molar-refractivity contribution in [2.24, 2.45) is 0 Å². The molecule has 4 aromatic carbocycles. The lowest BCUT2D eigenvalue weighted by molar-refractivity contribution is -0.688. The zero-order valence-corrected chi connectivity index (χ0v) is 26.2. The maximum Gasteiger partial charge on any atom is 0.244 e. The molecule has 6 rings (SSSR count). The van der Waals surface area contributed by atoms with Crippen LogP contribution in [0.25, 0.3) is 21.5 Å². The summed E-state index contributed by atoms with van der Waals surface area (Å²) in [6, 6.07) is 30.8. The van der Waals surface area contributed by atoms with Gasteiger partial charge in [0.1, 0.15) is 37.9 Å². The normalized spacial score (nSPS) is 11.5. The maximum absolute atomic E-state index is 2.35. The standard InChI is InChI=1S/C40H48N4/c1(3-5-7-13-23-41-25-27-43(33-41)31-35-19-21-37-15-9-11-17-39(37)29-35)2-4-6-8-14-24-42-26-28-44(34-42)32-36-20-22-38-16-10-12-18-40(38)30-36/h9-12,15-22,25-30,33-34H,1-8,13-14,23-24,31-32H2/q+2. The van der Waals surface area contributed by atoms with Gasteiger partial charge in [0, 0.05) is 0 Å². The van der Waals surface area contributed by atoms with Crippen LogP contribution in [0.4, 0.5) is 0 Å². The molecular weight excluding hydrogens is 536 g/mol. The molecule has 0 N–H and O–H groups in total. The summed E-state index contributed by atoms with van der Waals surface area (Å²) in [5, 5.41) is 5.26. The van der Waals surface area contributed by atoms with Crippen molar-refractivity contribution in [3.05, 3.63) is 133 Å². The van der Waals surface area contributed by atoms with Crippen molar-refractivity contribution >= 4 is 21.5 Å². The monoisotopic (exact) mass is 584 g/mol. The highest BCUT2D eigenvalue weighted by Crippen LogP contribution is 2.17. The number of unbranched alkanes of at least 4 members (excludes halogenated alkanes) is 9. The fourth-order valence-electron chi connectivity index (χ4n) is 6.43. The molecule has 0 atom stereocenters. The van der Waals surface area contributed by atoms with E-state index in [0.717, 1.165) is 26.2 Å². The number of rotatable bonds is 17. The molecule has 0 amide bonds. The minimum absolute atomic E-state index is 0.928. The summed E-state index contributed by atoms with van der Waals surface area (Å²) in [6.45, 7) is 4.10. The van der Waals surface area contributed by atoms with Crippen molar-refractivity contribution < 1.29 is 9.13 Å². The van der Waals surface area contributed by atoms with Crippen LogP contribution in [0, 0.1) is 0 Å². The quantitative estimate of drug-likeness (QED) is 0.0753. The Morgan fingerprint density at radius 1 is 0.409 bits per heavy atom. The lowest BCUT2D eigenvalue weighted by Crippen LogP contribution is -2.31. The fraction of sp³-hybridized carbons (Fsp3) is 0.350. The molecule has 0 bridgehead atoms. The van der Waals surface area contributed by atoms with Crippen LogP contribution in [0.15, 0.2) is 122 Å². The van der Waals surface area contributed by atoms with Gasteiger partial charge in [-0.2, -0.15) is 0 Å². The predicted molar refractivity (Wildman–Crippen MR) is 182 cm³/mol. The van der Waals surface area contributed by atoms with Crippen LogP contribution in [-0.4, -0.2) is 9.13 Å². The van der Waals surface area contributed by atoms with Crippen LogP contribution in [0.2, 0.25) is 0 Å². The fourth-order valence-corrected chi connectivity index (χ4v) is 6.43. The van der Waals surface area contributed by atoms with E-state index in [9.17, 15) is 0 Å². The second kappa shape index (κ2) is 15.5. The summed E-state index contributed by atoms with van der Waals surface area (Å²) < 4.78 is 9.29. The number of hydrogen-bond donors (Lipinski definition) is 0. The Balaban J connectivity index is 0.774. The van der Waals surface area contributed by atoms with Crippen LogP contribution in [0.5, 0.6) is 0 Å². The Bertz CT molecular complexity index is 1610. The molecule has 226 valence electrons. The molecule has 0 spiro atoms. The van der Waals surface area contributed by atoms with Gasteiger partial charge >= 0.3 is 0 Å². The van der Waals surface area contributed by atoms with Crippen LogP contribution >= 0.6 is 0 Å². The first-order valence-electron chi connectivity index (χ1n) is 16.8. The first-order chi connectivity index (χ1) is 21.8. The number of imidazole rings is 2. The minimum Gasteiger partial charge on any atom is -0.237 e. The van der Waals surface area contributed by atoms with Gasteiger partial charge < -0.3 is 0 Å². The molecular formula is C40H48N4+2. The van der Waals surface area contributed by atoms with Crippen molar-refractivity contribution in [1.29, 1.82) is 0 Å². The Labute approximate surface area is 263 Å². The third kappa shape index (κ3) is 8.69. The van der Waals surface area contributed by atoms with Gasteiger partial charge in [-0.1, -0.05) is 111 Å². The lowest BCUT2D eigenvalue weighted by Gasteiger charge is -2.03. The van der Waals surface area contributed by atoms with E-state index in [4.69, 9.17) is 0 Å². The molecule has 0 saturated carbocycles. The van der Waals surface area contributed by atoms with Gasteiger partial charge in [-0.3, -0.25) is 0 Å². The molecule has 0 aliphatic heterocycles. The van der Waals surface area contributed by atoms with Crippen molar-refractivity contribution in [1.82, 2.24) is 9.13 Å². The first-order valence-corrected chi connectivity index (χ1v) is 16.8. The summed E-state index contributed by atoms with van der Waals surface area (Å²) in [5.74, 6) is 0. The third-order valence-electron chi connectivity index (χ3n) is 8.93. The Hall–Kier alpha value is -4.18. The van der Waals surface area contributed by atoms with Crippen LogP contribution in [0.1, 0.15) is 75.3 Å². The topological polar surface area (TPSA) is 17.6 Å². The lowest BCUT2D eigenvalue weighted by atomic mass is 10.1. The van der Waals surface area contributed by atoms with Crippen molar-refractivity contribution in [2.75, 3.05) is 0 Å². The van der Waals surface area contributed by atoms with E-state index in [2.05, 4.69) is 141 Å². The number of fused-ring (bicyclic) bond motifs is 2. The largest absolute Gasteiger partial charge is 0.244 e. The smallest absolute Gasteiger partial charge is 0.237 e. The predicted octanol–water partition coefficient (Wildman–Crippen LogP) is 8.87. The van der Waals surface area contributed by atoms with Gasteiger partial charge in [-0.25, -0.2) is 18.3 Å². The molecule has 4 heteroatoms. The van der Waals surface area contributed by atoms with E-state index in [1.165, 1.54) is 96.9 Å². The summed E-state index contributed by atoms with van der Waals surface area (Å²) >= 11 is 0. The van der Waals surface area contributed by atoms with E-state index in [-0.39, 0.29) is 0 Å². The average molecular weight is 585 g/mol. The number of nitrogens with zero attached hydrogens (tertiary/aromatic N) is 4. The van der Waals surface area contributed by atoms with E-state index in [1.54, 1.807) is 0 Å². The summed E-state index contributed by atoms with van der Waals surface area (Å²) in [4.78, 5) is 0. The number of aromatic nitrogens is 4. The van der Waals surface area contributed by atoms with E-state index in [0.29, 0.717) is 0 Å². The molecule has 0 unspecified atom stereocenters. The van der Waals surface area contributed by atoms with E-state index < -0.39 is 0 Å². The van der Waals surface area contributed by atoms with Crippen molar-refractivity contribution in [2.45, 2.75) is 90.4 Å². The summed E-state index contributed by atoms with van der Waals surface area (Å²) in [5.41, 5.74) is 2.71. The van der Waals surface area contributed by atoms with E-state index >= 15 is 0 Å². The zero-order chi connectivity index (χ0) is 29.8. The van der Waals surface area contributed by atoms with Crippen LogP contribution < -0.4 is 9.13 Å². The second-order valence-electron chi connectivity index (χ2n) is 12.5. The minimum atomic E-state index is 0.928. The Kier molecular flexibility index (Phi) is 10.5. The molecule has 0 saturated heterocycles. The highest BCUT2D eigenvalue weighted by atomic mass is 15.1. The number of aryl methyl sites for hydroxylation is 2. The van der Waals surface area contributed by atoms with Gasteiger partial charge in [-0.05, 0) is 70.5 Å². The van der Waals surface area contributed by atoms with Gasteiger partial charge in [0.25, 0.3) is 0 Å². The SMILES string of the molecule is c1ccc2cc(C[n+]3ccn(CCCCCCCCCCCCn4cc[n+](Cc5ccc6ccccc6c5)c4)c3)ccc2c1. The maximum atomic E-state index is 2.35. The third-order valence-corrected chi connectivity index (χ3v) is 8.93. The first kappa shape index (κ1) is 29.9. The number of benzene rings is 4. The van der Waals surface area contributed by atoms with Crippen molar-refractivity contribution in [3.8, 4) is 0 Å². The van der Waals surface area contributed by atoms with Crippen molar-refractivity contribution in [3.63, 3.8) is 0 Å². The molecule has 0 aliphatic carbocycles. The van der Waals surface area contributed by atoms with Gasteiger partial charge in [0.15, 0.2) is 0 Å². The molecule has 0 radical (unpaired) electrons. The van der Waals surface area contributed by atoms with Gasteiger partial charge in [0.2, 0.25) is 12.7 Å². The molecule has 2 heterocycles. The Morgan fingerprint density at radius 3 is 1.23 bits per heavy atom. The van der Waals surface area contributed by atoms with E-state index in [1.807, 2.05) is 0 Å². The van der Waals surface area contributed by atoms with Crippen LogP contribution in [-0.2, 0) is 26.2 Å². The Morgan fingerprint density at radius 2 is 0.795 bits per heavy atom. The molecule has 0 fully saturated rings. The van der Waals surface area contributed by atoms with Gasteiger partial charge in [-0.15, -0.1) is 0 Å². The zero-order valence-electron chi connectivity index (χ0n) is 26.2. The van der Waals surface area contributed by atoms with Crippen LogP contribution in [0.3, 0.4) is 0 Å². The molecule has 4 nitrogen and oxygen atoms in total. The molecule has 6 aromatic rings. The molecule has 0 aliphatic rings. The average Bonchev–Trinajstić information content (AvgIpc) is 3.70. The molecule has 2 aromatic heterocycles. The molecule has 44 heavy (non-hydrogen) atoms. The summed E-state index contributed by atoms with van der Waals surface area (Å²) in [7, 11) is 0. The van der Waals surface area contributed by atoms with Gasteiger partial charge in [0.05, 0.1) is 13.1 Å². The second-order valence-corrected chi connectivity index (χ2v) is 12.5. The summed E-state index contributed by atoms with van der Waals surface area (Å²) in [6.07, 6.45) is 26.9. The number of hydrogen-bond acceptors (Lipinski definition) is 0.